The van der Waals surface area contributed by atoms with Crippen LogP contribution in [-0.2, 0) is 0 Å². The van der Waals surface area contributed by atoms with Crippen molar-refractivity contribution in [2.24, 2.45) is 5.92 Å². The van der Waals surface area contributed by atoms with Gasteiger partial charge >= 0.3 is 0 Å². The number of carbonyl (C=O) groups excluding carboxylic acids is 1. The number of hydrogen-bond donors (Lipinski definition) is 0. The molecule has 1 aliphatic rings. The molecule has 0 aliphatic carbocycles. The molecule has 0 saturated carbocycles. The predicted molar refractivity (Wildman–Crippen MR) is 61.3 cm³/mol. The number of likely N-dealkylation sites (tertiary alicyclic amines) is 1. The lowest BCUT2D eigenvalue weighted by Gasteiger charge is -2.22. The summed E-state index contributed by atoms with van der Waals surface area (Å²) in [6, 6.07) is 3.91. The molecule has 0 radical (unpaired) electrons. The van der Waals surface area contributed by atoms with Gasteiger partial charge in [-0.25, -0.2) is 0 Å². The summed E-state index contributed by atoms with van der Waals surface area (Å²) >= 11 is 0. The van der Waals surface area contributed by atoms with Crippen LogP contribution in [0, 0.1) is 5.92 Å². The molecule has 1 aliphatic heterocycles. The summed E-state index contributed by atoms with van der Waals surface area (Å²) in [5, 5.41) is 0. The van der Waals surface area contributed by atoms with Gasteiger partial charge in [-0.2, -0.15) is 0 Å². The molecule has 0 N–H and O–H groups in total. The summed E-state index contributed by atoms with van der Waals surface area (Å²) in [5.41, 5.74) is 0. The first kappa shape index (κ1) is 11.2. The van der Waals surface area contributed by atoms with Crippen LogP contribution >= 0.6 is 0 Å². The van der Waals surface area contributed by atoms with Gasteiger partial charge in [0.15, 0.2) is 5.76 Å². The van der Waals surface area contributed by atoms with E-state index < -0.39 is 0 Å². The van der Waals surface area contributed by atoms with Crippen LogP contribution in [0.15, 0.2) is 22.8 Å². The van der Waals surface area contributed by atoms with E-state index in [0.29, 0.717) is 17.7 Å². The standard InChI is InChI=1S/C12H18N2O2/c1-9-7-14(8-10(9)13(2)3)12(15)11-5-4-6-16-11/h4-6,9-10H,7-8H2,1-3H3. The summed E-state index contributed by atoms with van der Waals surface area (Å²) in [4.78, 5) is 16.1. The largest absolute Gasteiger partial charge is 0.459 e. The molecular weight excluding hydrogens is 204 g/mol. The molecule has 1 fully saturated rings. The van der Waals surface area contributed by atoms with Crippen molar-refractivity contribution in [1.82, 2.24) is 9.80 Å². The third-order valence-corrected chi connectivity index (χ3v) is 3.26. The fraction of sp³-hybridized carbons (Fsp3) is 0.583. The molecule has 1 aromatic rings. The van der Waals surface area contributed by atoms with Gasteiger partial charge in [0.1, 0.15) is 0 Å². The second-order valence-corrected chi connectivity index (χ2v) is 4.70. The van der Waals surface area contributed by atoms with Gasteiger partial charge in [0, 0.05) is 19.1 Å². The number of furan rings is 1. The molecule has 2 rings (SSSR count). The van der Waals surface area contributed by atoms with Gasteiger partial charge < -0.3 is 14.2 Å². The second kappa shape index (κ2) is 4.29. The molecule has 2 unspecified atom stereocenters. The minimum atomic E-state index is 0.00111. The van der Waals surface area contributed by atoms with Gasteiger partial charge in [-0.05, 0) is 32.1 Å². The molecule has 88 valence electrons. The summed E-state index contributed by atoms with van der Waals surface area (Å²) in [5.74, 6) is 0.946. The lowest BCUT2D eigenvalue weighted by Crippen LogP contribution is -2.35. The summed E-state index contributed by atoms with van der Waals surface area (Å²) < 4.78 is 5.13. The van der Waals surface area contributed by atoms with E-state index in [1.807, 2.05) is 4.90 Å². The predicted octanol–water partition coefficient (Wildman–Crippen LogP) is 1.30. The van der Waals surface area contributed by atoms with E-state index in [4.69, 9.17) is 4.42 Å². The van der Waals surface area contributed by atoms with E-state index in [9.17, 15) is 4.79 Å². The van der Waals surface area contributed by atoms with E-state index in [-0.39, 0.29) is 5.91 Å². The maximum Gasteiger partial charge on any atom is 0.289 e. The molecule has 1 amide bonds. The number of nitrogens with zero attached hydrogens (tertiary/aromatic N) is 2. The monoisotopic (exact) mass is 222 g/mol. The molecule has 4 nitrogen and oxygen atoms in total. The molecule has 0 bridgehead atoms. The van der Waals surface area contributed by atoms with Crippen molar-refractivity contribution in [2.75, 3.05) is 27.2 Å². The second-order valence-electron chi connectivity index (χ2n) is 4.70. The van der Waals surface area contributed by atoms with Gasteiger partial charge in [0.2, 0.25) is 0 Å². The highest BCUT2D eigenvalue weighted by Gasteiger charge is 2.34. The van der Waals surface area contributed by atoms with E-state index in [2.05, 4.69) is 25.9 Å². The number of hydrogen-bond acceptors (Lipinski definition) is 3. The third kappa shape index (κ3) is 1.97. The molecule has 0 spiro atoms. The Hall–Kier alpha value is -1.29. The van der Waals surface area contributed by atoms with Gasteiger partial charge in [0.25, 0.3) is 5.91 Å². The quantitative estimate of drug-likeness (QED) is 0.757. The molecule has 2 atom stereocenters. The van der Waals surface area contributed by atoms with Gasteiger partial charge in [-0.1, -0.05) is 6.92 Å². The van der Waals surface area contributed by atoms with Crippen LogP contribution in [0.25, 0.3) is 0 Å². The van der Waals surface area contributed by atoms with Crippen molar-refractivity contribution in [3.05, 3.63) is 24.2 Å². The number of rotatable bonds is 2. The first-order valence-electron chi connectivity index (χ1n) is 5.59. The topological polar surface area (TPSA) is 36.7 Å². The average Bonchev–Trinajstić information content (AvgIpc) is 2.84. The zero-order valence-electron chi connectivity index (χ0n) is 10.0. The van der Waals surface area contributed by atoms with E-state index >= 15 is 0 Å². The van der Waals surface area contributed by atoms with Gasteiger partial charge in [-0.3, -0.25) is 4.79 Å². The Kier molecular flexibility index (Phi) is 3.01. The van der Waals surface area contributed by atoms with Crippen LogP contribution in [0.4, 0.5) is 0 Å². The minimum Gasteiger partial charge on any atom is -0.459 e. The van der Waals surface area contributed by atoms with Crippen LogP contribution in [-0.4, -0.2) is 48.9 Å². The number of likely N-dealkylation sites (N-methyl/N-ethyl adjacent to an activating group) is 1. The van der Waals surface area contributed by atoms with E-state index in [0.717, 1.165) is 13.1 Å². The first-order valence-corrected chi connectivity index (χ1v) is 5.59. The molecular formula is C12H18N2O2. The van der Waals surface area contributed by atoms with Crippen LogP contribution in [0.1, 0.15) is 17.5 Å². The molecule has 0 aromatic carbocycles. The van der Waals surface area contributed by atoms with Gasteiger partial charge in [-0.15, -0.1) is 0 Å². The third-order valence-electron chi connectivity index (χ3n) is 3.26. The Balaban J connectivity index is 2.06. The highest BCUT2D eigenvalue weighted by Crippen LogP contribution is 2.21. The van der Waals surface area contributed by atoms with Gasteiger partial charge in [0.05, 0.1) is 6.26 Å². The first-order chi connectivity index (χ1) is 7.59. The van der Waals surface area contributed by atoms with E-state index in [1.165, 1.54) is 6.26 Å². The Morgan fingerprint density at radius 3 is 2.75 bits per heavy atom. The van der Waals surface area contributed by atoms with E-state index in [1.54, 1.807) is 12.1 Å². The average molecular weight is 222 g/mol. The van der Waals surface area contributed by atoms with Crippen molar-refractivity contribution in [2.45, 2.75) is 13.0 Å². The highest BCUT2D eigenvalue weighted by molar-refractivity contribution is 5.91. The molecule has 2 heterocycles. The molecule has 1 saturated heterocycles. The van der Waals surface area contributed by atoms with Crippen molar-refractivity contribution < 1.29 is 9.21 Å². The Labute approximate surface area is 95.8 Å². The van der Waals surface area contributed by atoms with Crippen LogP contribution in [0.5, 0.6) is 0 Å². The normalized spacial score (nSPS) is 25.4. The smallest absolute Gasteiger partial charge is 0.289 e. The summed E-state index contributed by atoms with van der Waals surface area (Å²) in [7, 11) is 4.12. The maximum absolute atomic E-state index is 12.0. The Bertz CT molecular complexity index is 359. The fourth-order valence-corrected chi connectivity index (χ4v) is 2.34. The molecule has 1 aromatic heterocycles. The van der Waals surface area contributed by atoms with Crippen LogP contribution < -0.4 is 0 Å². The van der Waals surface area contributed by atoms with Crippen molar-refractivity contribution >= 4 is 5.91 Å². The van der Waals surface area contributed by atoms with Crippen molar-refractivity contribution in [3.63, 3.8) is 0 Å². The number of carbonyl (C=O) groups is 1. The van der Waals surface area contributed by atoms with Crippen molar-refractivity contribution in [3.8, 4) is 0 Å². The molecule has 16 heavy (non-hydrogen) atoms. The Morgan fingerprint density at radius 2 is 2.25 bits per heavy atom. The SMILES string of the molecule is CC1CN(C(=O)c2ccco2)CC1N(C)C. The van der Waals surface area contributed by atoms with Crippen molar-refractivity contribution in [1.29, 1.82) is 0 Å². The minimum absolute atomic E-state index is 0.00111. The number of amides is 1. The maximum atomic E-state index is 12.0. The lowest BCUT2D eigenvalue weighted by molar-refractivity contribution is 0.0750. The Morgan fingerprint density at radius 1 is 1.50 bits per heavy atom. The van der Waals surface area contributed by atoms with Crippen LogP contribution in [0.3, 0.4) is 0 Å². The molecule has 4 heteroatoms. The van der Waals surface area contributed by atoms with Crippen LogP contribution in [0.2, 0.25) is 0 Å². The lowest BCUT2D eigenvalue weighted by atomic mass is 10.1. The zero-order chi connectivity index (χ0) is 11.7. The highest BCUT2D eigenvalue weighted by atomic mass is 16.3. The summed E-state index contributed by atoms with van der Waals surface area (Å²) in [6.07, 6.45) is 1.54. The summed E-state index contributed by atoms with van der Waals surface area (Å²) in [6.45, 7) is 3.77. The zero-order valence-corrected chi connectivity index (χ0v) is 10.0. The fourth-order valence-electron chi connectivity index (χ4n) is 2.34.